The van der Waals surface area contributed by atoms with Crippen molar-refractivity contribution >= 4 is 12.0 Å². The lowest BCUT2D eigenvalue weighted by Gasteiger charge is -2.38. The summed E-state index contributed by atoms with van der Waals surface area (Å²) in [5, 5.41) is 12.4. The molecule has 3 aliphatic rings. The summed E-state index contributed by atoms with van der Waals surface area (Å²) in [4.78, 5) is 25.7. The van der Waals surface area contributed by atoms with Crippen molar-refractivity contribution < 1.29 is 28.9 Å². The second-order valence-corrected chi connectivity index (χ2v) is 8.16. The van der Waals surface area contributed by atoms with Gasteiger partial charge in [0.2, 0.25) is 6.79 Å². The van der Waals surface area contributed by atoms with Crippen LogP contribution in [0.4, 0.5) is 4.79 Å². The second-order valence-electron chi connectivity index (χ2n) is 8.16. The summed E-state index contributed by atoms with van der Waals surface area (Å²) in [6, 6.07) is 5.73. The van der Waals surface area contributed by atoms with E-state index in [2.05, 4.69) is 5.32 Å². The van der Waals surface area contributed by atoms with Gasteiger partial charge in [0.05, 0.1) is 5.41 Å². The summed E-state index contributed by atoms with van der Waals surface area (Å²) in [5.74, 6) is 0.607. The number of aliphatic carboxylic acids is 1. The number of hydrogen-bond acceptors (Lipinski definition) is 5. The molecule has 0 bridgehead atoms. The van der Waals surface area contributed by atoms with Crippen LogP contribution in [0.15, 0.2) is 18.2 Å². The van der Waals surface area contributed by atoms with E-state index < -0.39 is 11.4 Å². The van der Waals surface area contributed by atoms with E-state index in [1.807, 2.05) is 18.2 Å². The van der Waals surface area contributed by atoms with Crippen LogP contribution in [-0.2, 0) is 14.9 Å². The van der Waals surface area contributed by atoms with Gasteiger partial charge in [-0.3, -0.25) is 4.79 Å². The Labute approximate surface area is 163 Å². The molecular weight excluding hydrogens is 364 g/mol. The quantitative estimate of drug-likeness (QED) is 0.816. The first-order valence-corrected chi connectivity index (χ1v) is 9.66. The third kappa shape index (κ3) is 3.37. The Hall–Kier alpha value is -2.48. The van der Waals surface area contributed by atoms with Crippen LogP contribution in [0.25, 0.3) is 0 Å². The van der Waals surface area contributed by atoms with Gasteiger partial charge < -0.3 is 29.5 Å². The topological polar surface area (TPSA) is 97.3 Å². The van der Waals surface area contributed by atoms with Gasteiger partial charge in [0.1, 0.15) is 0 Å². The number of ether oxygens (including phenoxy) is 3. The molecule has 28 heavy (non-hydrogen) atoms. The molecule has 8 heteroatoms. The van der Waals surface area contributed by atoms with Crippen LogP contribution < -0.4 is 14.8 Å². The molecule has 1 aromatic rings. The van der Waals surface area contributed by atoms with E-state index in [0.717, 1.165) is 29.9 Å². The summed E-state index contributed by atoms with van der Waals surface area (Å²) >= 11 is 0. The van der Waals surface area contributed by atoms with E-state index in [9.17, 15) is 14.7 Å². The molecule has 0 aromatic heterocycles. The van der Waals surface area contributed by atoms with E-state index in [1.54, 1.807) is 11.8 Å². The van der Waals surface area contributed by atoms with Gasteiger partial charge in [-0.2, -0.15) is 0 Å². The lowest BCUT2D eigenvalue weighted by Crippen LogP contribution is -2.48. The number of rotatable bonds is 4. The number of carboxylic acids is 1. The molecule has 2 N–H and O–H groups in total. The molecule has 3 heterocycles. The Balaban J connectivity index is 1.47. The van der Waals surface area contributed by atoms with Crippen molar-refractivity contribution in [3.63, 3.8) is 0 Å². The van der Waals surface area contributed by atoms with Gasteiger partial charge in [-0.25, -0.2) is 4.79 Å². The normalized spacial score (nSPS) is 25.5. The highest BCUT2D eigenvalue weighted by Crippen LogP contribution is 2.40. The number of hydrogen-bond donors (Lipinski definition) is 2. The van der Waals surface area contributed by atoms with Crippen molar-refractivity contribution in [3.05, 3.63) is 23.8 Å². The molecule has 1 atom stereocenters. The highest BCUT2D eigenvalue weighted by molar-refractivity contribution is 5.79. The van der Waals surface area contributed by atoms with Crippen LogP contribution in [0.1, 0.15) is 31.7 Å². The second kappa shape index (κ2) is 7.16. The van der Waals surface area contributed by atoms with Crippen molar-refractivity contribution in [3.8, 4) is 11.5 Å². The first-order chi connectivity index (χ1) is 13.4. The van der Waals surface area contributed by atoms with E-state index in [4.69, 9.17) is 14.2 Å². The van der Waals surface area contributed by atoms with Gasteiger partial charge >= 0.3 is 12.0 Å². The summed E-state index contributed by atoms with van der Waals surface area (Å²) in [5.41, 5.74) is -0.0208. The van der Waals surface area contributed by atoms with Crippen LogP contribution in [0.5, 0.6) is 11.5 Å². The SMILES string of the molecule is CC1(C(=O)O)CCN(C(=O)NCC2(c3ccc4c(c3)OCO4)CCOCC2)C1. The Morgan fingerprint density at radius 3 is 2.64 bits per heavy atom. The predicted molar refractivity (Wildman–Crippen MR) is 99.6 cm³/mol. The zero-order valence-electron chi connectivity index (χ0n) is 16.0. The van der Waals surface area contributed by atoms with Crippen LogP contribution in [0.2, 0.25) is 0 Å². The van der Waals surface area contributed by atoms with Gasteiger partial charge in [0.25, 0.3) is 0 Å². The van der Waals surface area contributed by atoms with Crippen molar-refractivity contribution in [2.75, 3.05) is 39.6 Å². The summed E-state index contributed by atoms with van der Waals surface area (Å²) < 4.78 is 16.5. The minimum absolute atomic E-state index is 0.211. The fourth-order valence-electron chi connectivity index (χ4n) is 4.22. The average Bonchev–Trinajstić information content (AvgIpc) is 3.33. The number of urea groups is 1. The fraction of sp³-hybridized carbons (Fsp3) is 0.600. The molecule has 2 fully saturated rings. The number of carbonyl (C=O) groups is 2. The van der Waals surface area contributed by atoms with Crippen molar-refractivity contribution in [2.24, 2.45) is 5.41 Å². The molecule has 152 valence electrons. The third-order valence-corrected chi connectivity index (χ3v) is 6.29. The predicted octanol–water partition coefficient (Wildman–Crippen LogP) is 1.97. The number of fused-ring (bicyclic) bond motifs is 1. The van der Waals surface area contributed by atoms with Crippen molar-refractivity contribution in [1.29, 1.82) is 0 Å². The van der Waals surface area contributed by atoms with Gasteiger partial charge in [-0.15, -0.1) is 0 Å². The van der Waals surface area contributed by atoms with Gasteiger partial charge in [0, 0.05) is 38.3 Å². The minimum Gasteiger partial charge on any atom is -0.481 e. The highest BCUT2D eigenvalue weighted by Gasteiger charge is 2.43. The highest BCUT2D eigenvalue weighted by atomic mass is 16.7. The molecule has 8 nitrogen and oxygen atoms in total. The number of carboxylic acid groups (broad SMARTS) is 1. The minimum atomic E-state index is -0.870. The smallest absolute Gasteiger partial charge is 0.317 e. The van der Waals surface area contributed by atoms with Gasteiger partial charge in [-0.1, -0.05) is 6.07 Å². The van der Waals surface area contributed by atoms with Gasteiger partial charge in [0.15, 0.2) is 11.5 Å². The number of likely N-dealkylation sites (tertiary alicyclic amines) is 1. The van der Waals surface area contributed by atoms with Crippen LogP contribution in [0, 0.1) is 5.41 Å². The number of benzene rings is 1. The molecule has 4 rings (SSSR count). The summed E-state index contributed by atoms with van der Waals surface area (Å²) in [7, 11) is 0. The molecule has 1 aromatic carbocycles. The largest absolute Gasteiger partial charge is 0.481 e. The first kappa shape index (κ1) is 18.9. The van der Waals surface area contributed by atoms with Gasteiger partial charge in [-0.05, 0) is 43.9 Å². The Bertz CT molecular complexity index is 776. The fourth-order valence-corrected chi connectivity index (χ4v) is 4.22. The molecule has 2 amide bonds. The Morgan fingerprint density at radius 1 is 1.18 bits per heavy atom. The van der Waals surface area contributed by atoms with Crippen molar-refractivity contribution in [2.45, 2.75) is 31.6 Å². The summed E-state index contributed by atoms with van der Waals surface area (Å²) in [6.07, 6.45) is 2.05. The molecule has 3 aliphatic heterocycles. The summed E-state index contributed by atoms with van der Waals surface area (Å²) in [6.45, 7) is 4.33. The molecular formula is C20H26N2O6. The van der Waals surface area contributed by atoms with E-state index in [1.165, 1.54) is 0 Å². The maximum atomic E-state index is 12.7. The average molecular weight is 390 g/mol. The van der Waals surface area contributed by atoms with E-state index in [-0.39, 0.29) is 24.8 Å². The van der Waals surface area contributed by atoms with Crippen LogP contribution >= 0.6 is 0 Å². The molecule has 1 unspecified atom stereocenters. The number of carbonyl (C=O) groups excluding carboxylic acids is 1. The standard InChI is InChI=1S/C20H26N2O6/c1-19(17(23)24)4-7-22(12-19)18(25)21-11-20(5-8-26-9-6-20)14-2-3-15-16(10-14)28-13-27-15/h2-3,10H,4-9,11-13H2,1H3,(H,21,25)(H,23,24). The maximum absolute atomic E-state index is 12.7. The number of amides is 2. The van der Waals surface area contributed by atoms with E-state index >= 15 is 0 Å². The first-order valence-electron chi connectivity index (χ1n) is 9.66. The molecule has 2 saturated heterocycles. The van der Waals surface area contributed by atoms with Crippen LogP contribution in [0.3, 0.4) is 0 Å². The Kier molecular flexibility index (Phi) is 4.82. The number of nitrogens with zero attached hydrogens (tertiary/aromatic N) is 1. The lowest BCUT2D eigenvalue weighted by molar-refractivity contribution is -0.147. The Morgan fingerprint density at radius 2 is 1.93 bits per heavy atom. The zero-order chi connectivity index (χ0) is 19.8. The zero-order valence-corrected chi connectivity index (χ0v) is 16.0. The monoisotopic (exact) mass is 390 g/mol. The molecule has 0 radical (unpaired) electrons. The molecule has 0 spiro atoms. The van der Waals surface area contributed by atoms with E-state index in [0.29, 0.717) is 32.7 Å². The molecule has 0 aliphatic carbocycles. The van der Waals surface area contributed by atoms with Crippen LogP contribution in [-0.4, -0.2) is 61.6 Å². The number of nitrogens with one attached hydrogen (secondary N) is 1. The molecule has 0 saturated carbocycles. The lowest BCUT2D eigenvalue weighted by atomic mass is 9.74. The van der Waals surface area contributed by atoms with Crippen molar-refractivity contribution in [1.82, 2.24) is 10.2 Å². The maximum Gasteiger partial charge on any atom is 0.317 e. The third-order valence-electron chi connectivity index (χ3n) is 6.29.